The fourth-order valence-corrected chi connectivity index (χ4v) is 2.46. The highest BCUT2D eigenvalue weighted by Crippen LogP contribution is 2.38. The molecule has 0 aliphatic rings. The number of aliphatic hydroxyl groups excluding tert-OH is 5. The molecule has 0 saturated heterocycles. The molecule has 0 unspecified atom stereocenters. The first-order valence-electron chi connectivity index (χ1n) is 8.90. The van der Waals surface area contributed by atoms with Crippen LogP contribution in [0.2, 0.25) is 0 Å². The number of carbonyl (C=O) groups excluding carboxylic acids is 2. The van der Waals surface area contributed by atoms with Gasteiger partial charge in [-0.25, -0.2) is 0 Å². The number of carbonyl (C=O) groups is 2. The van der Waals surface area contributed by atoms with E-state index in [2.05, 4.69) is 10.6 Å². The molecular formula is C18H28N2O10. The summed E-state index contributed by atoms with van der Waals surface area (Å²) in [4.78, 5) is 24.1. The molecule has 0 fully saturated rings. The summed E-state index contributed by atoms with van der Waals surface area (Å²) in [5.41, 5.74) is 0.215. The second-order valence-electron chi connectivity index (χ2n) is 6.14. The maximum absolute atomic E-state index is 12.3. The van der Waals surface area contributed by atoms with Crippen molar-refractivity contribution in [1.82, 2.24) is 10.6 Å². The SMILES string of the molecule is COc1cc(C(=O)NCCNC(=O)[C@H](O)[C@@H](O)[C@H](O)[C@H](O)CO)cc(OC)c1OC. The van der Waals surface area contributed by atoms with Gasteiger partial charge in [0.25, 0.3) is 11.8 Å². The Kier molecular flexibility index (Phi) is 10.3. The number of ether oxygens (including phenoxy) is 3. The first kappa shape index (κ1) is 25.4. The van der Waals surface area contributed by atoms with E-state index in [1.54, 1.807) is 0 Å². The maximum atomic E-state index is 12.3. The van der Waals surface area contributed by atoms with Gasteiger partial charge in [-0.3, -0.25) is 9.59 Å². The summed E-state index contributed by atoms with van der Waals surface area (Å²) < 4.78 is 15.5. The van der Waals surface area contributed by atoms with Crippen LogP contribution in [0.5, 0.6) is 17.2 Å². The molecule has 0 aromatic heterocycles. The Balaban J connectivity index is 2.60. The molecule has 0 aliphatic heterocycles. The van der Waals surface area contributed by atoms with E-state index in [0.717, 1.165) is 0 Å². The van der Waals surface area contributed by atoms with Gasteiger partial charge in [-0.2, -0.15) is 0 Å². The fourth-order valence-electron chi connectivity index (χ4n) is 2.46. The van der Waals surface area contributed by atoms with E-state index in [1.807, 2.05) is 0 Å². The molecule has 30 heavy (non-hydrogen) atoms. The van der Waals surface area contributed by atoms with Crippen molar-refractivity contribution in [3.8, 4) is 17.2 Å². The molecular weight excluding hydrogens is 404 g/mol. The Morgan fingerprint density at radius 2 is 1.43 bits per heavy atom. The fraction of sp³-hybridized carbons (Fsp3) is 0.556. The summed E-state index contributed by atoms with van der Waals surface area (Å²) in [6.07, 6.45) is -7.70. The molecule has 7 N–H and O–H groups in total. The van der Waals surface area contributed by atoms with Gasteiger partial charge in [0.1, 0.15) is 18.3 Å². The zero-order chi connectivity index (χ0) is 22.8. The van der Waals surface area contributed by atoms with Crippen LogP contribution in [0.3, 0.4) is 0 Å². The Morgan fingerprint density at radius 3 is 1.90 bits per heavy atom. The molecule has 0 radical (unpaired) electrons. The van der Waals surface area contributed by atoms with Crippen LogP contribution >= 0.6 is 0 Å². The van der Waals surface area contributed by atoms with Crippen LogP contribution in [0.4, 0.5) is 0 Å². The molecule has 0 heterocycles. The van der Waals surface area contributed by atoms with Gasteiger partial charge in [0.05, 0.1) is 27.9 Å². The third kappa shape index (κ3) is 6.43. The minimum atomic E-state index is -2.05. The van der Waals surface area contributed by atoms with Gasteiger partial charge >= 0.3 is 0 Å². The minimum absolute atomic E-state index is 0.0220. The quantitative estimate of drug-likeness (QED) is 0.168. The second-order valence-corrected chi connectivity index (χ2v) is 6.14. The smallest absolute Gasteiger partial charge is 0.251 e. The molecule has 12 heteroatoms. The van der Waals surface area contributed by atoms with Crippen molar-refractivity contribution in [2.45, 2.75) is 24.4 Å². The van der Waals surface area contributed by atoms with Crippen LogP contribution in [0, 0.1) is 0 Å². The van der Waals surface area contributed by atoms with Crippen molar-refractivity contribution < 1.29 is 49.3 Å². The van der Waals surface area contributed by atoms with Crippen LogP contribution in [0.25, 0.3) is 0 Å². The number of benzene rings is 1. The van der Waals surface area contributed by atoms with E-state index >= 15 is 0 Å². The lowest BCUT2D eigenvalue weighted by molar-refractivity contribution is -0.148. The van der Waals surface area contributed by atoms with Crippen molar-refractivity contribution in [1.29, 1.82) is 0 Å². The van der Waals surface area contributed by atoms with Crippen molar-refractivity contribution in [3.05, 3.63) is 17.7 Å². The minimum Gasteiger partial charge on any atom is -0.493 e. The normalized spacial score (nSPS) is 14.8. The number of hydrogen-bond acceptors (Lipinski definition) is 10. The van der Waals surface area contributed by atoms with Gasteiger partial charge in [0, 0.05) is 18.7 Å². The van der Waals surface area contributed by atoms with Gasteiger partial charge in [-0.05, 0) is 12.1 Å². The van der Waals surface area contributed by atoms with Gasteiger partial charge in [0.15, 0.2) is 17.6 Å². The Labute approximate surface area is 173 Å². The molecule has 1 rings (SSSR count). The maximum Gasteiger partial charge on any atom is 0.251 e. The summed E-state index contributed by atoms with van der Waals surface area (Å²) in [6, 6.07) is 2.90. The number of aliphatic hydroxyl groups is 5. The lowest BCUT2D eigenvalue weighted by Gasteiger charge is -2.24. The third-order valence-corrected chi connectivity index (χ3v) is 4.16. The summed E-state index contributed by atoms with van der Waals surface area (Å²) in [7, 11) is 4.24. The molecule has 1 aromatic rings. The number of methoxy groups -OCH3 is 3. The molecule has 12 nitrogen and oxygen atoms in total. The molecule has 4 atom stereocenters. The zero-order valence-corrected chi connectivity index (χ0v) is 16.9. The molecule has 1 aromatic carbocycles. The van der Waals surface area contributed by atoms with E-state index in [0.29, 0.717) is 5.75 Å². The lowest BCUT2D eigenvalue weighted by atomic mass is 10.0. The largest absolute Gasteiger partial charge is 0.493 e. The molecule has 0 aliphatic carbocycles. The first-order valence-corrected chi connectivity index (χ1v) is 8.90. The van der Waals surface area contributed by atoms with Gasteiger partial charge in [-0.1, -0.05) is 0 Å². The van der Waals surface area contributed by atoms with Gasteiger partial charge in [-0.15, -0.1) is 0 Å². The van der Waals surface area contributed by atoms with Crippen LogP contribution < -0.4 is 24.8 Å². The summed E-state index contributed by atoms with van der Waals surface area (Å²) in [5.74, 6) is -0.628. The second kappa shape index (κ2) is 12.1. The molecule has 0 bridgehead atoms. The molecule has 170 valence electrons. The molecule has 0 saturated carbocycles. The predicted octanol–water partition coefficient (Wildman–Crippen LogP) is -3.01. The van der Waals surface area contributed by atoms with Gasteiger partial charge < -0.3 is 50.4 Å². The van der Waals surface area contributed by atoms with E-state index in [1.165, 1.54) is 33.5 Å². The molecule has 0 spiro atoms. The van der Waals surface area contributed by atoms with E-state index < -0.39 is 42.8 Å². The Hall–Kier alpha value is -2.64. The predicted molar refractivity (Wildman–Crippen MR) is 103 cm³/mol. The topological polar surface area (TPSA) is 187 Å². The highest BCUT2D eigenvalue weighted by atomic mass is 16.5. The number of hydrogen-bond donors (Lipinski definition) is 7. The monoisotopic (exact) mass is 432 g/mol. The first-order chi connectivity index (χ1) is 14.2. The average Bonchev–Trinajstić information content (AvgIpc) is 2.77. The standard InChI is InChI=1S/C18H28N2O10/c1-28-11-6-9(7-12(29-2)16(11)30-3)17(26)19-4-5-20-18(27)15(25)14(24)13(23)10(22)8-21/h6-7,10,13-15,21-25H,4-5,8H2,1-3H3,(H,19,26)(H,20,27)/t10-,13-,14+,15-/m1/s1. The van der Waals surface area contributed by atoms with E-state index in [-0.39, 0.29) is 30.2 Å². The van der Waals surface area contributed by atoms with Crippen molar-refractivity contribution >= 4 is 11.8 Å². The van der Waals surface area contributed by atoms with E-state index in [4.69, 9.17) is 19.3 Å². The lowest BCUT2D eigenvalue weighted by Crippen LogP contribution is -2.52. The number of amides is 2. The average molecular weight is 432 g/mol. The summed E-state index contributed by atoms with van der Waals surface area (Å²) in [6.45, 7) is -0.983. The van der Waals surface area contributed by atoms with Crippen molar-refractivity contribution in [2.75, 3.05) is 41.0 Å². The zero-order valence-electron chi connectivity index (χ0n) is 16.9. The van der Waals surface area contributed by atoms with Crippen LogP contribution in [0.1, 0.15) is 10.4 Å². The van der Waals surface area contributed by atoms with Crippen molar-refractivity contribution in [2.24, 2.45) is 0 Å². The Morgan fingerprint density at radius 1 is 0.900 bits per heavy atom. The van der Waals surface area contributed by atoms with Gasteiger partial charge in [0.2, 0.25) is 5.75 Å². The summed E-state index contributed by atoms with van der Waals surface area (Å²) >= 11 is 0. The van der Waals surface area contributed by atoms with Crippen molar-refractivity contribution in [3.63, 3.8) is 0 Å². The highest BCUT2D eigenvalue weighted by molar-refractivity contribution is 5.95. The third-order valence-electron chi connectivity index (χ3n) is 4.16. The van der Waals surface area contributed by atoms with Crippen LogP contribution in [-0.2, 0) is 4.79 Å². The van der Waals surface area contributed by atoms with E-state index in [9.17, 15) is 30.0 Å². The number of nitrogens with one attached hydrogen (secondary N) is 2. The number of rotatable bonds is 12. The summed E-state index contributed by atoms with van der Waals surface area (Å²) in [5, 5.41) is 51.6. The highest BCUT2D eigenvalue weighted by Gasteiger charge is 2.33. The van der Waals surface area contributed by atoms with Crippen LogP contribution in [0.15, 0.2) is 12.1 Å². The molecule has 2 amide bonds. The Bertz CT molecular complexity index is 689. The van der Waals surface area contributed by atoms with Crippen LogP contribution in [-0.4, -0.2) is 103 Å².